The summed E-state index contributed by atoms with van der Waals surface area (Å²) in [6.07, 6.45) is -4.62. The Morgan fingerprint density at radius 3 is 2.53 bits per heavy atom. The average Bonchev–Trinajstić information content (AvgIpc) is 2.20. The summed E-state index contributed by atoms with van der Waals surface area (Å²) in [5.41, 5.74) is -1.27. The first-order valence-electron chi connectivity index (χ1n) is 4.50. The second kappa shape index (κ2) is 5.27. The molecule has 0 atom stereocenters. The smallest absolute Gasteiger partial charge is 0.417 e. The number of benzene rings is 1. The van der Waals surface area contributed by atoms with Gasteiger partial charge in [-0.1, -0.05) is 11.6 Å². The Labute approximate surface area is 109 Å². The molecule has 1 rings (SSSR count). The predicted octanol–water partition coefficient (Wildman–Crippen LogP) is 4.30. The first-order chi connectivity index (χ1) is 7.77. The van der Waals surface area contributed by atoms with Gasteiger partial charge in [0.15, 0.2) is 0 Å². The van der Waals surface area contributed by atoms with Crippen LogP contribution in [0.15, 0.2) is 16.6 Å². The number of rotatable bonds is 2. The minimum absolute atomic E-state index is 0.00274. The highest BCUT2D eigenvalue weighted by Crippen LogP contribution is 2.39. The van der Waals surface area contributed by atoms with E-state index < -0.39 is 22.7 Å². The number of halogens is 5. The summed E-state index contributed by atoms with van der Waals surface area (Å²) >= 11 is 8.38. The molecule has 0 bridgehead atoms. The summed E-state index contributed by atoms with van der Waals surface area (Å²) < 4.78 is 42.4. The summed E-state index contributed by atoms with van der Waals surface area (Å²) in [5.74, 6) is -0.824. The Morgan fingerprint density at radius 1 is 1.47 bits per heavy atom. The third-order valence-corrected chi connectivity index (χ3v) is 3.11. The first-order valence-corrected chi connectivity index (χ1v) is 5.67. The lowest BCUT2D eigenvalue weighted by Gasteiger charge is -2.12. The molecule has 17 heavy (non-hydrogen) atoms. The summed E-state index contributed by atoms with van der Waals surface area (Å²) in [4.78, 5) is 11.3. The zero-order valence-corrected chi connectivity index (χ0v) is 10.9. The van der Waals surface area contributed by atoms with Gasteiger partial charge in [0.25, 0.3) is 0 Å². The molecular formula is C10H7BrClF3O2. The Balaban J connectivity index is 3.29. The molecule has 0 heterocycles. The van der Waals surface area contributed by atoms with Gasteiger partial charge in [-0.3, -0.25) is 0 Å². The summed E-state index contributed by atoms with van der Waals surface area (Å²) in [6.45, 7) is 1.65. The van der Waals surface area contributed by atoms with Crippen LogP contribution in [0.3, 0.4) is 0 Å². The van der Waals surface area contributed by atoms with E-state index in [1.807, 2.05) is 0 Å². The lowest BCUT2D eigenvalue weighted by molar-refractivity contribution is -0.137. The molecule has 0 fully saturated rings. The highest BCUT2D eigenvalue weighted by Gasteiger charge is 2.35. The third kappa shape index (κ3) is 3.35. The van der Waals surface area contributed by atoms with Crippen LogP contribution in [0, 0.1) is 0 Å². The van der Waals surface area contributed by atoms with Crippen LogP contribution >= 0.6 is 27.5 Å². The quantitative estimate of drug-likeness (QED) is 0.755. The molecule has 0 spiro atoms. The molecule has 1 aromatic rings. The minimum atomic E-state index is -4.62. The Bertz CT molecular complexity index is 446. The molecule has 1 aromatic carbocycles. The van der Waals surface area contributed by atoms with Gasteiger partial charge in [0.2, 0.25) is 0 Å². The van der Waals surface area contributed by atoms with Gasteiger partial charge >= 0.3 is 12.1 Å². The van der Waals surface area contributed by atoms with Crippen molar-refractivity contribution in [2.75, 3.05) is 6.61 Å². The summed E-state index contributed by atoms with van der Waals surface area (Å²) in [5, 5.41) is -0.481. The molecule has 0 N–H and O–H groups in total. The molecular weight excluding hydrogens is 324 g/mol. The van der Waals surface area contributed by atoms with Crippen LogP contribution in [0.1, 0.15) is 22.8 Å². The monoisotopic (exact) mass is 330 g/mol. The molecule has 0 amide bonds. The van der Waals surface area contributed by atoms with E-state index in [9.17, 15) is 18.0 Å². The largest absolute Gasteiger partial charge is 0.462 e. The zero-order chi connectivity index (χ0) is 13.2. The fraction of sp³-hybridized carbons (Fsp3) is 0.300. The molecule has 2 nitrogen and oxygen atoms in total. The van der Waals surface area contributed by atoms with Gasteiger partial charge in [0.1, 0.15) is 0 Å². The van der Waals surface area contributed by atoms with Gasteiger partial charge < -0.3 is 4.74 Å². The van der Waals surface area contributed by atoms with Crippen molar-refractivity contribution < 1.29 is 22.7 Å². The molecule has 7 heteroatoms. The number of ether oxygens (including phenoxy) is 1. The van der Waals surface area contributed by atoms with Crippen molar-refractivity contribution in [1.29, 1.82) is 0 Å². The highest BCUT2D eigenvalue weighted by molar-refractivity contribution is 9.10. The Hall–Kier alpha value is -0.750. The highest BCUT2D eigenvalue weighted by atomic mass is 79.9. The maximum atomic E-state index is 12.6. The van der Waals surface area contributed by atoms with Gasteiger partial charge in [-0.15, -0.1) is 0 Å². The van der Waals surface area contributed by atoms with Crippen molar-refractivity contribution in [3.8, 4) is 0 Å². The van der Waals surface area contributed by atoms with Crippen molar-refractivity contribution in [3.05, 3.63) is 32.8 Å². The topological polar surface area (TPSA) is 26.3 Å². The van der Waals surface area contributed by atoms with Crippen LogP contribution in [0.5, 0.6) is 0 Å². The second-order valence-corrected chi connectivity index (χ2v) is 4.27. The van der Waals surface area contributed by atoms with E-state index in [-0.39, 0.29) is 16.6 Å². The molecule has 0 aliphatic carbocycles. The van der Waals surface area contributed by atoms with Crippen LogP contribution in [-0.4, -0.2) is 12.6 Å². The summed E-state index contributed by atoms with van der Waals surface area (Å²) in [6, 6.07) is 1.86. The van der Waals surface area contributed by atoms with Crippen LogP contribution in [0.25, 0.3) is 0 Å². The van der Waals surface area contributed by atoms with E-state index in [1.54, 1.807) is 6.92 Å². The first kappa shape index (κ1) is 14.3. The van der Waals surface area contributed by atoms with Gasteiger partial charge in [-0.2, -0.15) is 13.2 Å². The van der Waals surface area contributed by atoms with Gasteiger partial charge in [0.05, 0.1) is 22.8 Å². The number of carbonyl (C=O) groups excluding carboxylic acids is 1. The third-order valence-electron chi connectivity index (χ3n) is 1.84. The van der Waals surface area contributed by atoms with Crippen molar-refractivity contribution in [3.63, 3.8) is 0 Å². The van der Waals surface area contributed by atoms with Crippen LogP contribution in [-0.2, 0) is 10.9 Å². The molecule has 0 radical (unpaired) electrons. The molecule has 0 saturated carbocycles. The van der Waals surface area contributed by atoms with E-state index in [4.69, 9.17) is 11.6 Å². The van der Waals surface area contributed by atoms with Crippen molar-refractivity contribution in [2.45, 2.75) is 13.1 Å². The van der Waals surface area contributed by atoms with Gasteiger partial charge in [0, 0.05) is 4.47 Å². The Kier molecular flexibility index (Phi) is 4.43. The maximum Gasteiger partial charge on any atom is 0.417 e. The van der Waals surface area contributed by atoms with E-state index in [2.05, 4.69) is 20.7 Å². The standard InChI is InChI=1S/C10H7BrClF3O2/c1-2-17-9(16)5-3-6(10(13,14)15)8(12)7(11)4-5/h3-4H,2H2,1H3. The summed E-state index contributed by atoms with van der Waals surface area (Å²) in [7, 11) is 0. The van der Waals surface area contributed by atoms with Crippen molar-refractivity contribution >= 4 is 33.5 Å². The van der Waals surface area contributed by atoms with E-state index in [1.165, 1.54) is 6.07 Å². The average molecular weight is 332 g/mol. The predicted molar refractivity (Wildman–Crippen MR) is 60.1 cm³/mol. The van der Waals surface area contributed by atoms with Gasteiger partial charge in [-0.05, 0) is 35.0 Å². The molecule has 0 aliphatic heterocycles. The van der Waals surface area contributed by atoms with E-state index >= 15 is 0 Å². The number of hydrogen-bond acceptors (Lipinski definition) is 2. The molecule has 0 aromatic heterocycles. The number of carbonyl (C=O) groups is 1. The normalized spacial score (nSPS) is 11.4. The second-order valence-electron chi connectivity index (χ2n) is 3.04. The van der Waals surface area contributed by atoms with E-state index in [0.717, 1.165) is 0 Å². The minimum Gasteiger partial charge on any atom is -0.462 e. The number of hydrogen-bond donors (Lipinski definition) is 0. The molecule has 0 unspecified atom stereocenters. The van der Waals surface area contributed by atoms with Crippen LogP contribution in [0.4, 0.5) is 13.2 Å². The number of alkyl halides is 3. The van der Waals surface area contributed by atoms with E-state index in [0.29, 0.717) is 6.07 Å². The Morgan fingerprint density at radius 2 is 2.06 bits per heavy atom. The fourth-order valence-electron chi connectivity index (χ4n) is 1.13. The van der Waals surface area contributed by atoms with Crippen molar-refractivity contribution in [2.24, 2.45) is 0 Å². The lowest BCUT2D eigenvalue weighted by Crippen LogP contribution is -2.11. The molecule has 94 valence electrons. The molecule has 0 saturated heterocycles. The van der Waals surface area contributed by atoms with Crippen molar-refractivity contribution in [1.82, 2.24) is 0 Å². The van der Waals surface area contributed by atoms with Crippen LogP contribution < -0.4 is 0 Å². The van der Waals surface area contributed by atoms with Crippen LogP contribution in [0.2, 0.25) is 5.02 Å². The maximum absolute atomic E-state index is 12.6. The number of esters is 1. The SMILES string of the molecule is CCOC(=O)c1cc(Br)c(Cl)c(C(F)(F)F)c1. The zero-order valence-electron chi connectivity index (χ0n) is 8.57. The van der Waals surface area contributed by atoms with Gasteiger partial charge in [-0.25, -0.2) is 4.79 Å². The lowest BCUT2D eigenvalue weighted by atomic mass is 10.1. The molecule has 0 aliphatic rings. The fourth-order valence-corrected chi connectivity index (χ4v) is 1.80.